The summed E-state index contributed by atoms with van der Waals surface area (Å²) in [7, 11) is 3.15. The molecule has 3 aliphatic rings. The summed E-state index contributed by atoms with van der Waals surface area (Å²) in [6, 6.07) is 3.95. The minimum atomic E-state index is -0.0765. The van der Waals surface area contributed by atoms with E-state index in [-0.39, 0.29) is 11.9 Å². The zero-order chi connectivity index (χ0) is 15.7. The lowest BCUT2D eigenvalue weighted by Crippen LogP contribution is -2.57. The first kappa shape index (κ1) is 15.9. The van der Waals surface area contributed by atoms with Gasteiger partial charge in [-0.2, -0.15) is 0 Å². The lowest BCUT2D eigenvalue weighted by Gasteiger charge is -2.44. The van der Waals surface area contributed by atoms with Crippen molar-refractivity contribution in [3.05, 3.63) is 21.3 Å². The van der Waals surface area contributed by atoms with Gasteiger partial charge in [0.2, 0.25) is 0 Å². The normalized spacial score (nSPS) is 26.6. The maximum atomic E-state index is 12.7. The minimum absolute atomic E-state index is 0.0765. The van der Waals surface area contributed by atoms with Gasteiger partial charge in [0, 0.05) is 16.2 Å². The number of hydrogen-bond acceptors (Lipinski definition) is 4. The highest BCUT2D eigenvalue weighted by molar-refractivity contribution is 14.1. The molecule has 3 fully saturated rings. The van der Waals surface area contributed by atoms with Gasteiger partial charge in [0.15, 0.2) is 11.5 Å². The van der Waals surface area contributed by atoms with Crippen molar-refractivity contribution < 1.29 is 14.3 Å². The summed E-state index contributed by atoms with van der Waals surface area (Å²) in [6.45, 7) is 3.29. The van der Waals surface area contributed by atoms with Crippen LogP contribution in [0.3, 0.4) is 0 Å². The van der Waals surface area contributed by atoms with E-state index >= 15 is 0 Å². The second-order valence-corrected chi connectivity index (χ2v) is 7.15. The molecular formula is C16H21IN2O3. The van der Waals surface area contributed by atoms with E-state index in [0.29, 0.717) is 23.0 Å². The van der Waals surface area contributed by atoms with E-state index in [2.05, 4.69) is 32.8 Å². The van der Waals surface area contributed by atoms with Crippen LogP contribution in [0.4, 0.5) is 0 Å². The molecule has 0 radical (unpaired) electrons. The summed E-state index contributed by atoms with van der Waals surface area (Å²) in [5.74, 6) is 1.62. The van der Waals surface area contributed by atoms with Crippen molar-refractivity contribution in [2.75, 3.05) is 33.9 Å². The fraction of sp³-hybridized carbons (Fsp3) is 0.562. The molecule has 0 saturated carbocycles. The molecule has 120 valence electrons. The first-order valence-corrected chi connectivity index (χ1v) is 8.65. The van der Waals surface area contributed by atoms with Crippen LogP contribution in [0.5, 0.6) is 11.5 Å². The Morgan fingerprint density at radius 2 is 2.00 bits per heavy atom. The zero-order valence-electron chi connectivity index (χ0n) is 12.9. The van der Waals surface area contributed by atoms with E-state index in [1.165, 1.54) is 12.8 Å². The fourth-order valence-electron chi connectivity index (χ4n) is 3.47. The Hall–Kier alpha value is -1.02. The van der Waals surface area contributed by atoms with Gasteiger partial charge in [0.05, 0.1) is 19.8 Å². The number of benzene rings is 1. The maximum Gasteiger partial charge on any atom is 0.255 e. The smallest absolute Gasteiger partial charge is 0.255 e. The van der Waals surface area contributed by atoms with Crippen LogP contribution in [0.2, 0.25) is 0 Å². The molecule has 0 spiro atoms. The molecule has 1 unspecified atom stereocenters. The quantitative estimate of drug-likeness (QED) is 0.765. The number of methoxy groups -OCH3 is 2. The highest BCUT2D eigenvalue weighted by Crippen LogP contribution is 2.34. The van der Waals surface area contributed by atoms with Gasteiger partial charge in [0.25, 0.3) is 5.91 Å². The molecule has 1 aromatic carbocycles. The molecule has 1 N–H and O–H groups in total. The fourth-order valence-corrected chi connectivity index (χ4v) is 4.07. The molecule has 3 heterocycles. The van der Waals surface area contributed by atoms with Crippen LogP contribution < -0.4 is 14.8 Å². The second-order valence-electron chi connectivity index (χ2n) is 5.91. The van der Waals surface area contributed by atoms with Crippen molar-refractivity contribution in [1.29, 1.82) is 0 Å². The van der Waals surface area contributed by atoms with Crippen molar-refractivity contribution in [3.8, 4) is 11.5 Å². The van der Waals surface area contributed by atoms with Crippen LogP contribution in [-0.4, -0.2) is 50.7 Å². The van der Waals surface area contributed by atoms with Crippen molar-refractivity contribution in [1.82, 2.24) is 10.2 Å². The van der Waals surface area contributed by atoms with Crippen LogP contribution in [-0.2, 0) is 0 Å². The van der Waals surface area contributed by atoms with Crippen molar-refractivity contribution in [2.45, 2.75) is 18.9 Å². The molecule has 3 saturated heterocycles. The number of hydrogen-bond donors (Lipinski definition) is 1. The zero-order valence-corrected chi connectivity index (χ0v) is 15.1. The average molecular weight is 416 g/mol. The molecule has 1 atom stereocenters. The van der Waals surface area contributed by atoms with Gasteiger partial charge in [-0.15, -0.1) is 0 Å². The van der Waals surface area contributed by atoms with Gasteiger partial charge < -0.3 is 19.7 Å². The number of ether oxygens (including phenoxy) is 2. The minimum Gasteiger partial charge on any atom is -0.493 e. The van der Waals surface area contributed by atoms with Gasteiger partial charge in [-0.25, -0.2) is 0 Å². The molecule has 0 aromatic heterocycles. The largest absolute Gasteiger partial charge is 0.493 e. The molecule has 22 heavy (non-hydrogen) atoms. The molecule has 1 amide bonds. The van der Waals surface area contributed by atoms with Crippen molar-refractivity contribution >= 4 is 28.5 Å². The first-order chi connectivity index (χ1) is 10.6. The van der Waals surface area contributed by atoms with E-state index in [4.69, 9.17) is 9.47 Å². The second kappa shape index (κ2) is 6.62. The maximum absolute atomic E-state index is 12.7. The number of amides is 1. The third kappa shape index (κ3) is 3.03. The Morgan fingerprint density at radius 1 is 1.27 bits per heavy atom. The first-order valence-electron chi connectivity index (χ1n) is 7.57. The molecule has 0 aliphatic carbocycles. The molecule has 3 aliphatic heterocycles. The van der Waals surface area contributed by atoms with Gasteiger partial charge >= 0.3 is 0 Å². The van der Waals surface area contributed by atoms with E-state index < -0.39 is 0 Å². The van der Waals surface area contributed by atoms with Gasteiger partial charge in [-0.3, -0.25) is 4.79 Å². The predicted molar refractivity (Wildman–Crippen MR) is 92.7 cm³/mol. The van der Waals surface area contributed by atoms with Crippen LogP contribution in [0.1, 0.15) is 23.2 Å². The molecule has 4 rings (SSSR count). The topological polar surface area (TPSA) is 50.8 Å². The van der Waals surface area contributed by atoms with Gasteiger partial charge in [-0.05, 0) is 66.6 Å². The molecule has 6 heteroatoms. The Morgan fingerprint density at radius 3 is 2.55 bits per heavy atom. The average Bonchev–Trinajstić information content (AvgIpc) is 2.55. The molecule has 1 aromatic rings. The number of carbonyl (C=O) groups excluding carboxylic acids is 1. The summed E-state index contributed by atoms with van der Waals surface area (Å²) >= 11 is 2.19. The van der Waals surface area contributed by atoms with Crippen LogP contribution >= 0.6 is 22.6 Å². The molecule has 5 nitrogen and oxygen atoms in total. The van der Waals surface area contributed by atoms with E-state index in [0.717, 1.165) is 23.2 Å². The number of halogens is 1. The van der Waals surface area contributed by atoms with Crippen LogP contribution in [0.25, 0.3) is 0 Å². The van der Waals surface area contributed by atoms with Gasteiger partial charge in [0.1, 0.15) is 0 Å². The summed E-state index contributed by atoms with van der Waals surface area (Å²) in [4.78, 5) is 15.1. The summed E-state index contributed by atoms with van der Waals surface area (Å²) in [5, 5.41) is 3.20. The van der Waals surface area contributed by atoms with Crippen LogP contribution in [0.15, 0.2) is 12.1 Å². The molecule has 2 bridgehead atoms. The van der Waals surface area contributed by atoms with E-state index in [9.17, 15) is 4.79 Å². The highest BCUT2D eigenvalue weighted by atomic mass is 127. The monoisotopic (exact) mass is 416 g/mol. The van der Waals surface area contributed by atoms with Crippen molar-refractivity contribution in [3.63, 3.8) is 0 Å². The number of nitrogens with zero attached hydrogens (tertiary/aromatic N) is 1. The standard InChI is InChI=1S/C16H21IN2O3/c1-21-14-8-11(17)7-12(15(14)22-2)16(20)18-13-9-19-5-3-10(13)4-6-19/h7-8,10,13H,3-6,9H2,1-2H3,(H,18,20). The van der Waals surface area contributed by atoms with E-state index in [1.807, 2.05) is 12.1 Å². The number of fused-ring (bicyclic) bond motifs is 3. The SMILES string of the molecule is COc1cc(I)cc(C(=O)NC2CN3CCC2CC3)c1OC. The lowest BCUT2D eigenvalue weighted by molar-refractivity contribution is 0.0618. The molecular weight excluding hydrogens is 395 g/mol. The Balaban J connectivity index is 1.81. The Kier molecular flexibility index (Phi) is 4.77. The number of nitrogens with one attached hydrogen (secondary N) is 1. The predicted octanol–water partition coefficient (Wildman–Crippen LogP) is 2.13. The Bertz CT molecular complexity index is 571. The Labute approximate surface area is 144 Å². The summed E-state index contributed by atoms with van der Waals surface area (Å²) in [5.41, 5.74) is 0.544. The lowest BCUT2D eigenvalue weighted by atomic mass is 9.84. The number of rotatable bonds is 4. The third-order valence-corrected chi connectivity index (χ3v) is 5.28. The van der Waals surface area contributed by atoms with Crippen molar-refractivity contribution in [2.24, 2.45) is 5.92 Å². The van der Waals surface area contributed by atoms with E-state index in [1.54, 1.807) is 14.2 Å². The number of carbonyl (C=O) groups is 1. The third-order valence-electron chi connectivity index (χ3n) is 4.66. The number of piperidine rings is 3. The van der Waals surface area contributed by atoms with Crippen LogP contribution in [0, 0.1) is 9.49 Å². The summed E-state index contributed by atoms with van der Waals surface area (Å²) < 4.78 is 11.7. The highest BCUT2D eigenvalue weighted by Gasteiger charge is 2.35. The summed E-state index contributed by atoms with van der Waals surface area (Å²) in [6.07, 6.45) is 2.36. The van der Waals surface area contributed by atoms with Gasteiger partial charge in [-0.1, -0.05) is 0 Å².